The van der Waals surface area contributed by atoms with Crippen LogP contribution in [0.2, 0.25) is 0 Å². The van der Waals surface area contributed by atoms with Crippen LogP contribution in [-0.2, 0) is 90.9 Å². The van der Waals surface area contributed by atoms with Crippen LogP contribution >= 0.6 is 0 Å². The maximum Gasteiger partial charge on any atom is 0.312 e. The molecular formula is C82H125N7O18. The number of aliphatic hydroxyl groups excluding tert-OH is 2. The fraction of sp³-hybridized carbons (Fsp3) is 0.683. The summed E-state index contributed by atoms with van der Waals surface area (Å²) in [5, 5.41) is 31.0. The summed E-state index contributed by atoms with van der Waals surface area (Å²) < 4.78 is 23.7. The summed E-state index contributed by atoms with van der Waals surface area (Å²) in [5.74, 6) is -8.74. The van der Waals surface area contributed by atoms with Crippen LogP contribution in [0.1, 0.15) is 176 Å². The third-order valence-corrected chi connectivity index (χ3v) is 22.3. The number of likely N-dealkylation sites (N-methyl/N-ethyl adjacent to an activating group) is 1. The number of ketones is 6. The average molecular weight is 1500 g/mol. The first-order valence-corrected chi connectivity index (χ1v) is 38.7. The number of aliphatic hydroxyl groups is 2. The summed E-state index contributed by atoms with van der Waals surface area (Å²) in [6, 6.07) is 14.1. The minimum Gasteiger partial charge on any atom is -0.390 e. The molecule has 7 amide bonds. The smallest absolute Gasteiger partial charge is 0.312 e. The summed E-state index contributed by atoms with van der Waals surface area (Å²) in [7, 11) is 8.16. The van der Waals surface area contributed by atoms with Gasteiger partial charge in [-0.3, -0.25) is 62.5 Å². The van der Waals surface area contributed by atoms with Crippen LogP contribution in [-0.4, -0.2) is 212 Å². The number of carbonyl (C=O) groups is 12. The van der Waals surface area contributed by atoms with Crippen molar-refractivity contribution in [1.29, 1.82) is 0 Å². The molecular weight excluding hydrogens is 1370 g/mol. The number of rotatable bonds is 49. The average Bonchev–Trinajstić information content (AvgIpc) is 1.54. The Bertz CT molecular complexity index is 3280. The van der Waals surface area contributed by atoms with Crippen LogP contribution in [0, 0.1) is 65.1 Å². The number of benzene rings is 2. The molecule has 2 saturated heterocycles. The van der Waals surface area contributed by atoms with Gasteiger partial charge in [-0.1, -0.05) is 137 Å². The van der Waals surface area contributed by atoms with E-state index < -0.39 is 114 Å². The predicted molar refractivity (Wildman–Crippen MR) is 404 cm³/mol. The van der Waals surface area contributed by atoms with Gasteiger partial charge in [-0.25, -0.2) is 4.79 Å². The van der Waals surface area contributed by atoms with E-state index in [0.29, 0.717) is 50.6 Å². The second-order valence-electron chi connectivity index (χ2n) is 31.2. The number of methoxy groups -OCH3 is 3. The Balaban J connectivity index is 1.20. The number of nitrogens with zero attached hydrogens (tertiary/aromatic N) is 3. The van der Waals surface area contributed by atoms with Gasteiger partial charge < -0.3 is 55.7 Å². The van der Waals surface area contributed by atoms with E-state index in [1.807, 2.05) is 96.1 Å². The molecule has 2 aromatic carbocycles. The van der Waals surface area contributed by atoms with E-state index in [4.69, 9.17) is 24.7 Å². The number of ether oxygens (including phenoxy) is 4. The zero-order valence-corrected chi connectivity index (χ0v) is 66.1. The third-order valence-electron chi connectivity index (χ3n) is 22.3. The number of nitrogens with two attached hydrogens (primary N) is 1. The van der Waals surface area contributed by atoms with E-state index in [2.05, 4.69) is 29.8 Å². The summed E-state index contributed by atoms with van der Waals surface area (Å²) in [5.41, 5.74) is 7.64. The second kappa shape index (κ2) is 44.4. The first-order valence-electron chi connectivity index (χ1n) is 38.7. The van der Waals surface area contributed by atoms with Crippen molar-refractivity contribution in [2.75, 3.05) is 61.6 Å². The van der Waals surface area contributed by atoms with E-state index in [0.717, 1.165) is 22.4 Å². The van der Waals surface area contributed by atoms with Crippen LogP contribution in [0.5, 0.6) is 0 Å². The van der Waals surface area contributed by atoms with Crippen LogP contribution in [0.4, 0.5) is 4.79 Å². The molecule has 0 aliphatic carbocycles. The third kappa shape index (κ3) is 26.5. The van der Waals surface area contributed by atoms with Gasteiger partial charge in [0.1, 0.15) is 29.6 Å². The topological polar surface area (TPSA) is 354 Å². The molecule has 8 unspecified atom stereocenters. The molecule has 3 aliphatic heterocycles. The summed E-state index contributed by atoms with van der Waals surface area (Å²) in [4.78, 5) is 168. The Kier molecular flexibility index (Phi) is 37.5. The first-order chi connectivity index (χ1) is 50.7. The minimum atomic E-state index is -1.78. The van der Waals surface area contributed by atoms with Crippen molar-refractivity contribution in [3.05, 3.63) is 83.4 Å². The van der Waals surface area contributed by atoms with Gasteiger partial charge in [0.25, 0.3) is 11.8 Å². The van der Waals surface area contributed by atoms with E-state index in [-0.39, 0.29) is 160 Å². The molecule has 2 aromatic rings. The van der Waals surface area contributed by atoms with E-state index in [9.17, 15) is 67.7 Å². The molecule has 3 heterocycles. The Hall–Kier alpha value is -7.26. The zero-order chi connectivity index (χ0) is 79.5. The van der Waals surface area contributed by atoms with E-state index >= 15 is 0 Å². The lowest BCUT2D eigenvalue weighted by Crippen LogP contribution is -2.58. The standard InChI is InChI=1S/C82H125N7O18/c1-16-51(8)72(53(10)74(98)59(48(2)3)45-66(93)73(50(6)7)87(11)12)68(104-13)47-71(97)88-40-24-29-63(88)77(105-14)52(9)64(91)43-57(41-55-25-19-17-20-26-55)79(101)84-38-36-54-30-32-56(33-31-54)42-65(92)62(28-23-37-85-82(83)103)86-80(102)60(49(4)5)46-67(94)78-76(100)75(99)61(81(106-15)107-78)44-58(90)27-21-18-22-39-89-69(95)34-35-70(89)96/h17,19-20,25-26,30-35,48-53,57,59-63,68,72-73,75-78,81,99-100H,16,18,21-24,27-29,36-47H2,1-15H3,(H,84,101)(H,86,102)(H3,83,85,103)/t51-,52?,53?,57+,59-,60+,61?,62?,63?,68?,72+,73-,75+,76?,77+,78+,81?/m0/s1. The Morgan fingerprint density at radius 2 is 1.33 bits per heavy atom. The molecule has 25 nitrogen and oxygen atoms in total. The summed E-state index contributed by atoms with van der Waals surface area (Å²) >= 11 is 0. The van der Waals surface area contributed by atoms with Gasteiger partial charge in [-0.05, 0) is 112 Å². The maximum absolute atomic E-state index is 14.7. The van der Waals surface area contributed by atoms with Crippen LogP contribution in [0.25, 0.3) is 0 Å². The lowest BCUT2D eigenvalue weighted by atomic mass is 9.70. The van der Waals surface area contributed by atoms with Gasteiger partial charge >= 0.3 is 6.03 Å². The number of urea groups is 1. The number of likely N-dealkylation sites (tertiary alicyclic amines) is 1. The first kappa shape index (κ1) is 90.4. The highest BCUT2D eigenvalue weighted by atomic mass is 16.7. The number of unbranched alkanes of at least 4 members (excludes halogenated alkanes) is 2. The fourth-order valence-corrected chi connectivity index (χ4v) is 15.9. The van der Waals surface area contributed by atoms with Crippen molar-refractivity contribution in [1.82, 2.24) is 30.7 Å². The number of hydrogen-bond donors (Lipinski definition) is 6. The van der Waals surface area contributed by atoms with Crippen molar-refractivity contribution in [3.63, 3.8) is 0 Å². The van der Waals surface area contributed by atoms with Gasteiger partial charge in [0, 0.05) is 134 Å². The van der Waals surface area contributed by atoms with E-state index in [1.165, 1.54) is 26.4 Å². The molecule has 107 heavy (non-hydrogen) atoms. The highest BCUT2D eigenvalue weighted by Gasteiger charge is 2.50. The van der Waals surface area contributed by atoms with Crippen molar-refractivity contribution in [2.45, 2.75) is 233 Å². The SMILES string of the molecule is CC[C@H](C)[C@@H](C(CC(=O)N1CCCC1[C@H](OC)C(C)C(=O)C[C@@H](Cc1ccccc1)C(=O)NCCc1ccc(CC(=O)C(CCCNC(N)=O)NC(=O)[C@H](CC(=O)[C@H]2OC(OC)C(CC(=O)CCCCCN3C(=O)C=CC3=O)[C@@H](O)C2O)C(C)C)cc1)OC)C(C)C(=O)[C@@H](CC(=O)[C@H](C(C)C)N(C)C)C(C)C. The van der Waals surface area contributed by atoms with Gasteiger partial charge in [0.15, 0.2) is 23.6 Å². The quantitative estimate of drug-likeness (QED) is 0.0279. The number of hydrogen-bond acceptors (Lipinski definition) is 19. The number of carbonyl (C=O) groups excluding carboxylic acids is 12. The maximum atomic E-state index is 14.7. The normalized spacial score (nSPS) is 21.3. The lowest BCUT2D eigenvalue weighted by Gasteiger charge is -2.41. The minimum absolute atomic E-state index is 0.000761. The Morgan fingerprint density at radius 3 is 1.91 bits per heavy atom. The highest BCUT2D eigenvalue weighted by molar-refractivity contribution is 6.12. The molecule has 7 N–H and O–H groups in total. The van der Waals surface area contributed by atoms with E-state index in [1.54, 1.807) is 44.9 Å². The van der Waals surface area contributed by atoms with Crippen molar-refractivity contribution in [3.8, 4) is 0 Å². The lowest BCUT2D eigenvalue weighted by molar-refractivity contribution is -0.267. The largest absolute Gasteiger partial charge is 0.390 e. The molecule has 596 valence electrons. The highest BCUT2D eigenvalue weighted by Crippen LogP contribution is 2.38. The molecule has 0 saturated carbocycles. The molecule has 0 radical (unpaired) electrons. The summed E-state index contributed by atoms with van der Waals surface area (Å²) in [6.45, 7) is 20.3. The Morgan fingerprint density at radius 1 is 0.682 bits per heavy atom. The Labute approximate surface area is 634 Å². The van der Waals surface area contributed by atoms with Gasteiger partial charge in [-0.2, -0.15) is 0 Å². The molecule has 0 bridgehead atoms. The van der Waals surface area contributed by atoms with Gasteiger partial charge in [-0.15, -0.1) is 0 Å². The molecule has 17 atom stereocenters. The number of amides is 7. The van der Waals surface area contributed by atoms with Crippen molar-refractivity contribution < 1.29 is 86.7 Å². The fourth-order valence-electron chi connectivity index (χ4n) is 15.9. The summed E-state index contributed by atoms with van der Waals surface area (Å²) in [6.07, 6.45) is -1.30. The van der Waals surface area contributed by atoms with Crippen molar-refractivity contribution >= 4 is 70.3 Å². The molecule has 0 aromatic heterocycles. The number of nitrogens with one attached hydrogen (secondary N) is 3. The van der Waals surface area contributed by atoms with Gasteiger partial charge in [0.2, 0.25) is 17.7 Å². The number of primary amides is 1. The second-order valence-corrected chi connectivity index (χ2v) is 31.2. The number of imide groups is 1. The number of Topliss-reactive ketones (excluding diaryl/α,β-unsaturated/α-hetero) is 6. The molecule has 2 fully saturated rings. The van der Waals surface area contributed by atoms with Crippen LogP contribution < -0.4 is 21.7 Å². The molecule has 5 rings (SSSR count). The molecule has 25 heteroatoms. The van der Waals surface area contributed by atoms with Crippen LogP contribution in [0.3, 0.4) is 0 Å². The van der Waals surface area contributed by atoms with Crippen molar-refractivity contribution in [2.24, 2.45) is 70.8 Å². The molecule has 0 spiro atoms. The van der Waals surface area contributed by atoms with Gasteiger partial charge in [0.05, 0.1) is 42.9 Å². The zero-order valence-electron chi connectivity index (χ0n) is 66.1. The monoisotopic (exact) mass is 1500 g/mol. The van der Waals surface area contributed by atoms with Crippen LogP contribution in [0.15, 0.2) is 66.7 Å². The molecule has 3 aliphatic rings. The predicted octanol–water partition coefficient (Wildman–Crippen LogP) is 7.33.